The fourth-order valence-electron chi connectivity index (χ4n) is 3.15. The molecule has 0 bridgehead atoms. The molecule has 26 heavy (non-hydrogen) atoms. The Morgan fingerprint density at radius 1 is 1.12 bits per heavy atom. The third-order valence-electron chi connectivity index (χ3n) is 4.24. The molecule has 4 rings (SSSR count). The van der Waals surface area contributed by atoms with Crippen molar-refractivity contribution in [2.24, 2.45) is 0 Å². The zero-order valence-electron chi connectivity index (χ0n) is 14.1. The summed E-state index contributed by atoms with van der Waals surface area (Å²) in [4.78, 5) is 12.2. The zero-order valence-corrected chi connectivity index (χ0v) is 15.0. The van der Waals surface area contributed by atoms with Crippen LogP contribution in [0.3, 0.4) is 0 Å². The molecule has 0 saturated heterocycles. The number of hydrogen-bond donors (Lipinski definition) is 2. The number of aryl methyl sites for hydroxylation is 1. The first-order valence-corrected chi connectivity index (χ1v) is 9.80. The van der Waals surface area contributed by atoms with E-state index in [0.29, 0.717) is 16.9 Å². The standard InChI is InChI=1S/C18H16N4O3S/c1-11-9-17-19-20-18(23)22(17)16-10-12(7-8-13(11)16)14-5-3-4-6-15(14)21-26(2,24)25/h3-10,21H,1-2H3,(H,20,23). The first kappa shape index (κ1) is 16.3. The number of hydrogen-bond acceptors (Lipinski definition) is 4. The van der Waals surface area contributed by atoms with Crippen molar-refractivity contribution in [3.8, 4) is 11.1 Å². The lowest BCUT2D eigenvalue weighted by Crippen LogP contribution is -2.11. The van der Waals surface area contributed by atoms with Gasteiger partial charge in [0.1, 0.15) is 0 Å². The lowest BCUT2D eigenvalue weighted by atomic mass is 10.0. The van der Waals surface area contributed by atoms with Crippen molar-refractivity contribution in [2.45, 2.75) is 6.92 Å². The monoisotopic (exact) mass is 368 g/mol. The van der Waals surface area contributed by atoms with Crippen LogP contribution in [0.2, 0.25) is 0 Å². The average Bonchev–Trinajstić information content (AvgIpc) is 2.94. The minimum atomic E-state index is -3.41. The molecule has 7 nitrogen and oxygen atoms in total. The number of aromatic nitrogens is 3. The highest BCUT2D eigenvalue weighted by Gasteiger charge is 2.12. The number of H-pyrrole nitrogens is 1. The lowest BCUT2D eigenvalue weighted by molar-refractivity contribution is 0.607. The van der Waals surface area contributed by atoms with Crippen molar-refractivity contribution in [3.05, 3.63) is 64.6 Å². The maximum atomic E-state index is 12.2. The molecule has 0 spiro atoms. The summed E-state index contributed by atoms with van der Waals surface area (Å²) < 4.78 is 27.4. The van der Waals surface area contributed by atoms with Crippen LogP contribution in [0, 0.1) is 6.92 Å². The highest BCUT2D eigenvalue weighted by atomic mass is 32.2. The number of pyridine rings is 1. The molecule has 0 radical (unpaired) electrons. The molecule has 0 unspecified atom stereocenters. The van der Waals surface area contributed by atoms with Gasteiger partial charge in [-0.25, -0.2) is 22.7 Å². The van der Waals surface area contributed by atoms with Gasteiger partial charge in [-0.15, -0.1) is 0 Å². The maximum Gasteiger partial charge on any atom is 0.348 e. The van der Waals surface area contributed by atoms with Gasteiger partial charge in [0.2, 0.25) is 10.0 Å². The molecule has 132 valence electrons. The van der Waals surface area contributed by atoms with Crippen LogP contribution < -0.4 is 10.4 Å². The molecule has 2 N–H and O–H groups in total. The van der Waals surface area contributed by atoms with Crippen LogP contribution in [-0.2, 0) is 10.0 Å². The van der Waals surface area contributed by atoms with Crippen molar-refractivity contribution >= 4 is 32.3 Å². The van der Waals surface area contributed by atoms with Gasteiger partial charge in [0.05, 0.1) is 17.5 Å². The molecular weight excluding hydrogens is 352 g/mol. The molecule has 8 heteroatoms. The van der Waals surface area contributed by atoms with E-state index in [1.54, 1.807) is 12.1 Å². The van der Waals surface area contributed by atoms with E-state index in [1.807, 2.05) is 43.3 Å². The summed E-state index contributed by atoms with van der Waals surface area (Å²) in [5.74, 6) is 0. The number of anilines is 1. The van der Waals surface area contributed by atoms with Gasteiger partial charge < -0.3 is 0 Å². The van der Waals surface area contributed by atoms with E-state index in [-0.39, 0.29) is 5.69 Å². The number of rotatable bonds is 3. The Bertz CT molecular complexity index is 1320. The predicted octanol–water partition coefficient (Wildman–Crippen LogP) is 2.52. The van der Waals surface area contributed by atoms with Crippen LogP contribution in [-0.4, -0.2) is 29.3 Å². The summed E-state index contributed by atoms with van der Waals surface area (Å²) in [6.07, 6.45) is 1.11. The molecule has 0 fully saturated rings. The van der Waals surface area contributed by atoms with Gasteiger partial charge in [-0.1, -0.05) is 30.3 Å². The number of nitrogens with one attached hydrogen (secondary N) is 2. The lowest BCUT2D eigenvalue weighted by Gasteiger charge is -2.12. The van der Waals surface area contributed by atoms with Gasteiger partial charge in [0, 0.05) is 10.9 Å². The summed E-state index contributed by atoms with van der Waals surface area (Å²) in [5, 5.41) is 7.42. The molecule has 2 aromatic heterocycles. The SMILES string of the molecule is Cc1cc2n[nH]c(=O)n2c2cc(-c3ccccc3NS(C)(=O)=O)ccc12. The highest BCUT2D eigenvalue weighted by molar-refractivity contribution is 7.92. The summed E-state index contributed by atoms with van der Waals surface area (Å²) in [7, 11) is -3.41. The quantitative estimate of drug-likeness (QED) is 0.581. The minimum absolute atomic E-state index is 0.315. The molecule has 0 aliphatic heterocycles. The van der Waals surface area contributed by atoms with Gasteiger partial charge in [-0.05, 0) is 36.2 Å². The van der Waals surface area contributed by atoms with Gasteiger partial charge in [-0.2, -0.15) is 5.10 Å². The van der Waals surface area contributed by atoms with E-state index in [1.165, 1.54) is 4.40 Å². The van der Waals surface area contributed by atoms with E-state index >= 15 is 0 Å². The Kier molecular flexibility index (Phi) is 3.58. The molecule has 0 aliphatic rings. The van der Waals surface area contributed by atoms with E-state index < -0.39 is 10.0 Å². The summed E-state index contributed by atoms with van der Waals surface area (Å²) in [5.41, 5.74) is 3.95. The second kappa shape index (κ2) is 5.70. The van der Waals surface area contributed by atoms with Gasteiger partial charge in [0.15, 0.2) is 5.65 Å². The van der Waals surface area contributed by atoms with Crippen molar-refractivity contribution < 1.29 is 8.42 Å². The Labute approximate surface area is 149 Å². The summed E-state index contributed by atoms with van der Waals surface area (Å²) >= 11 is 0. The van der Waals surface area contributed by atoms with Crippen molar-refractivity contribution in [1.82, 2.24) is 14.6 Å². The van der Waals surface area contributed by atoms with Crippen molar-refractivity contribution in [2.75, 3.05) is 11.0 Å². The molecule has 2 aromatic carbocycles. The van der Waals surface area contributed by atoms with Crippen molar-refractivity contribution in [3.63, 3.8) is 0 Å². The van der Waals surface area contributed by atoms with Crippen LogP contribution >= 0.6 is 0 Å². The van der Waals surface area contributed by atoms with E-state index in [9.17, 15) is 13.2 Å². The number of nitrogens with zero attached hydrogens (tertiary/aromatic N) is 2. The topological polar surface area (TPSA) is 96.3 Å². The highest BCUT2D eigenvalue weighted by Crippen LogP contribution is 2.31. The number of sulfonamides is 1. The smallest absolute Gasteiger partial charge is 0.283 e. The molecule has 2 heterocycles. The Hall–Kier alpha value is -3.13. The second-order valence-corrected chi connectivity index (χ2v) is 7.95. The number of para-hydroxylation sites is 1. The molecular formula is C18H16N4O3S. The third-order valence-corrected chi connectivity index (χ3v) is 4.83. The largest absolute Gasteiger partial charge is 0.348 e. The van der Waals surface area contributed by atoms with E-state index in [0.717, 1.165) is 28.3 Å². The molecule has 0 aliphatic carbocycles. The maximum absolute atomic E-state index is 12.2. The normalized spacial score (nSPS) is 11.9. The Balaban J connectivity index is 2.01. The first-order valence-electron chi connectivity index (χ1n) is 7.91. The number of fused-ring (bicyclic) bond motifs is 3. The predicted molar refractivity (Wildman–Crippen MR) is 102 cm³/mol. The third kappa shape index (κ3) is 2.74. The fraction of sp³-hybridized carbons (Fsp3) is 0.111. The Morgan fingerprint density at radius 3 is 2.65 bits per heavy atom. The molecule has 0 saturated carbocycles. The van der Waals surface area contributed by atoms with E-state index in [4.69, 9.17) is 0 Å². The zero-order chi connectivity index (χ0) is 18.5. The van der Waals surface area contributed by atoms with Crippen LogP contribution in [0.5, 0.6) is 0 Å². The molecule has 0 atom stereocenters. The second-order valence-electron chi connectivity index (χ2n) is 6.20. The average molecular weight is 368 g/mol. The fourth-order valence-corrected chi connectivity index (χ4v) is 3.73. The van der Waals surface area contributed by atoms with Gasteiger partial charge in [-0.3, -0.25) is 4.72 Å². The Morgan fingerprint density at radius 2 is 1.88 bits per heavy atom. The first-order chi connectivity index (χ1) is 12.3. The number of aromatic amines is 1. The molecule has 0 amide bonds. The van der Waals surface area contributed by atoms with Crippen molar-refractivity contribution in [1.29, 1.82) is 0 Å². The van der Waals surface area contributed by atoms with Crippen LogP contribution in [0.25, 0.3) is 27.7 Å². The van der Waals surface area contributed by atoms with Gasteiger partial charge >= 0.3 is 5.69 Å². The summed E-state index contributed by atoms with van der Waals surface area (Å²) in [6.45, 7) is 1.96. The number of benzene rings is 2. The molecule has 4 aromatic rings. The van der Waals surface area contributed by atoms with Crippen LogP contribution in [0.15, 0.2) is 53.3 Å². The summed E-state index contributed by atoms with van der Waals surface area (Å²) in [6, 6.07) is 14.7. The minimum Gasteiger partial charge on any atom is -0.283 e. The van der Waals surface area contributed by atoms with Crippen LogP contribution in [0.1, 0.15) is 5.56 Å². The van der Waals surface area contributed by atoms with E-state index in [2.05, 4.69) is 14.9 Å². The van der Waals surface area contributed by atoms with Gasteiger partial charge in [0.25, 0.3) is 0 Å². The van der Waals surface area contributed by atoms with Crippen LogP contribution in [0.4, 0.5) is 5.69 Å².